The molecule has 1 unspecified atom stereocenters. The average molecular weight is 345 g/mol. The van der Waals surface area contributed by atoms with E-state index in [9.17, 15) is 4.79 Å². The van der Waals surface area contributed by atoms with E-state index in [1.807, 2.05) is 21.1 Å². The fourth-order valence-corrected chi connectivity index (χ4v) is 2.98. The van der Waals surface area contributed by atoms with Crippen molar-refractivity contribution in [3.8, 4) is 0 Å². The second-order valence-electron chi connectivity index (χ2n) is 6.44. The molecule has 1 aliphatic rings. The number of likely N-dealkylation sites (N-methyl/N-ethyl adjacent to an activating group) is 1. The number of hydrogen-bond donors (Lipinski definition) is 0. The summed E-state index contributed by atoms with van der Waals surface area (Å²) in [4.78, 5) is 16.6. The molecule has 1 atom stereocenters. The topological polar surface area (TPSA) is 89.3 Å². The lowest BCUT2D eigenvalue weighted by atomic mass is 9.98. The molecule has 1 aliphatic heterocycles. The number of carbonyl (C=O) groups excluding carboxylic acids is 1. The predicted molar refractivity (Wildman–Crippen MR) is 89.9 cm³/mol. The van der Waals surface area contributed by atoms with Crippen molar-refractivity contribution < 1.29 is 9.53 Å². The summed E-state index contributed by atoms with van der Waals surface area (Å²) < 4.78 is 7.61. The van der Waals surface area contributed by atoms with Crippen molar-refractivity contribution in [2.75, 3.05) is 40.4 Å². The van der Waals surface area contributed by atoms with Gasteiger partial charge >= 0.3 is 0 Å². The van der Waals surface area contributed by atoms with Gasteiger partial charge in [-0.3, -0.25) is 9.48 Å². The number of nitrogens with zero attached hydrogens (tertiary/aromatic N) is 7. The molecule has 2 aromatic heterocycles. The average Bonchev–Trinajstić information content (AvgIpc) is 2.99. The van der Waals surface area contributed by atoms with Gasteiger partial charge in [0.25, 0.3) is 5.91 Å². The number of hydrogen-bond acceptors (Lipinski definition) is 7. The maximum Gasteiger partial charge on any atom is 0.255 e. The molecule has 0 fully saturated rings. The fourth-order valence-electron chi connectivity index (χ4n) is 2.98. The highest BCUT2D eigenvalue weighted by molar-refractivity contribution is 5.93. The van der Waals surface area contributed by atoms with Gasteiger partial charge in [-0.05, 0) is 20.2 Å². The molecule has 9 nitrogen and oxygen atoms in total. The second-order valence-corrected chi connectivity index (χ2v) is 6.44. The van der Waals surface area contributed by atoms with Gasteiger partial charge in [-0.1, -0.05) is 5.21 Å². The van der Waals surface area contributed by atoms with Crippen LogP contribution in [0.3, 0.4) is 0 Å². The molecule has 25 heavy (non-hydrogen) atoms. The lowest BCUT2D eigenvalue weighted by Crippen LogP contribution is -2.40. The fraction of sp³-hybridized carbons (Fsp3) is 0.562. The van der Waals surface area contributed by atoms with Gasteiger partial charge in [0.2, 0.25) is 0 Å². The summed E-state index contributed by atoms with van der Waals surface area (Å²) in [5.41, 5.74) is 2.39. The first kappa shape index (κ1) is 17.4. The summed E-state index contributed by atoms with van der Waals surface area (Å²) in [5.74, 6) is -0.0332. The third-order valence-corrected chi connectivity index (χ3v) is 4.23. The molecule has 0 saturated heterocycles. The van der Waals surface area contributed by atoms with Crippen molar-refractivity contribution in [3.05, 3.63) is 35.4 Å². The van der Waals surface area contributed by atoms with Crippen LogP contribution in [0.25, 0.3) is 0 Å². The van der Waals surface area contributed by atoms with E-state index in [2.05, 4.69) is 25.4 Å². The Morgan fingerprint density at radius 3 is 2.96 bits per heavy atom. The number of rotatable bonds is 6. The molecule has 0 saturated carbocycles. The summed E-state index contributed by atoms with van der Waals surface area (Å²) in [5, 5.41) is 15.8. The van der Waals surface area contributed by atoms with E-state index in [0.717, 1.165) is 17.9 Å². The van der Waals surface area contributed by atoms with Crippen LogP contribution in [0, 0.1) is 0 Å². The number of aryl methyl sites for hydroxylation is 1. The van der Waals surface area contributed by atoms with Crippen LogP contribution >= 0.6 is 0 Å². The Balaban J connectivity index is 1.73. The first-order chi connectivity index (χ1) is 12.1. The Morgan fingerprint density at radius 1 is 1.40 bits per heavy atom. The van der Waals surface area contributed by atoms with Crippen LogP contribution in [0.2, 0.25) is 0 Å². The molecule has 0 N–H and O–H groups in total. The van der Waals surface area contributed by atoms with Crippen LogP contribution in [0.1, 0.15) is 27.7 Å². The predicted octanol–water partition coefficient (Wildman–Crippen LogP) is -0.0771. The minimum absolute atomic E-state index is 0.0460. The third-order valence-electron chi connectivity index (χ3n) is 4.23. The zero-order valence-electron chi connectivity index (χ0n) is 14.8. The van der Waals surface area contributed by atoms with Crippen molar-refractivity contribution in [1.29, 1.82) is 0 Å². The van der Waals surface area contributed by atoms with Gasteiger partial charge in [-0.15, -0.1) is 5.10 Å². The standard InChI is InChI=1S/C16H23N7O2/c1-21(2)6-7-25-11-13-9-23(10-14-15(13)22(3)20-19-14)16(24)12-4-5-17-18-8-12/h4-5,8,13H,6-7,9-11H2,1-3H3. The van der Waals surface area contributed by atoms with E-state index in [-0.39, 0.29) is 11.8 Å². The van der Waals surface area contributed by atoms with Crippen LogP contribution in [-0.2, 0) is 18.3 Å². The number of amides is 1. The summed E-state index contributed by atoms with van der Waals surface area (Å²) in [7, 11) is 5.90. The maximum atomic E-state index is 12.7. The zero-order valence-corrected chi connectivity index (χ0v) is 14.8. The highest BCUT2D eigenvalue weighted by atomic mass is 16.5. The van der Waals surface area contributed by atoms with Crippen LogP contribution in [0.15, 0.2) is 18.5 Å². The van der Waals surface area contributed by atoms with Crippen LogP contribution in [-0.4, -0.2) is 81.3 Å². The third kappa shape index (κ3) is 3.99. The normalized spacial score (nSPS) is 17.0. The quantitative estimate of drug-likeness (QED) is 0.677. The molecule has 134 valence electrons. The second kappa shape index (κ2) is 7.66. The maximum absolute atomic E-state index is 12.7. The van der Waals surface area contributed by atoms with Gasteiger partial charge in [-0.25, -0.2) is 0 Å². The van der Waals surface area contributed by atoms with Gasteiger partial charge in [0.1, 0.15) is 5.69 Å². The zero-order chi connectivity index (χ0) is 17.8. The van der Waals surface area contributed by atoms with Gasteiger partial charge in [0, 0.05) is 26.1 Å². The van der Waals surface area contributed by atoms with E-state index in [0.29, 0.717) is 31.9 Å². The van der Waals surface area contributed by atoms with Gasteiger partial charge < -0.3 is 14.5 Å². The molecule has 2 aromatic rings. The molecular formula is C16H23N7O2. The van der Waals surface area contributed by atoms with E-state index >= 15 is 0 Å². The monoisotopic (exact) mass is 345 g/mol. The van der Waals surface area contributed by atoms with Crippen molar-refractivity contribution in [1.82, 2.24) is 35.0 Å². The highest BCUT2D eigenvalue weighted by Crippen LogP contribution is 2.27. The lowest BCUT2D eigenvalue weighted by molar-refractivity contribution is 0.0613. The molecule has 9 heteroatoms. The molecule has 0 radical (unpaired) electrons. The number of aromatic nitrogens is 5. The highest BCUT2D eigenvalue weighted by Gasteiger charge is 2.32. The first-order valence-electron chi connectivity index (χ1n) is 8.23. The molecule has 1 amide bonds. The molecule has 0 aromatic carbocycles. The first-order valence-corrected chi connectivity index (χ1v) is 8.23. The minimum Gasteiger partial charge on any atom is -0.379 e. The molecule has 3 heterocycles. The van der Waals surface area contributed by atoms with Gasteiger partial charge in [0.15, 0.2) is 0 Å². The SMILES string of the molecule is CN(C)CCOCC1CN(C(=O)c2ccnnc2)Cc2nnn(C)c21. The minimum atomic E-state index is -0.0792. The number of carbonyl (C=O) groups is 1. The largest absolute Gasteiger partial charge is 0.379 e. The van der Waals surface area contributed by atoms with Crippen molar-refractivity contribution in [2.24, 2.45) is 7.05 Å². The lowest BCUT2D eigenvalue weighted by Gasteiger charge is -2.32. The molecule has 0 spiro atoms. The van der Waals surface area contributed by atoms with Crippen molar-refractivity contribution in [3.63, 3.8) is 0 Å². The summed E-state index contributed by atoms with van der Waals surface area (Å²) in [6, 6.07) is 1.67. The van der Waals surface area contributed by atoms with Crippen LogP contribution < -0.4 is 0 Å². The molecule has 0 bridgehead atoms. The van der Waals surface area contributed by atoms with E-state index in [4.69, 9.17) is 4.74 Å². The Morgan fingerprint density at radius 2 is 2.24 bits per heavy atom. The van der Waals surface area contributed by atoms with Crippen molar-refractivity contribution >= 4 is 5.91 Å². The number of ether oxygens (including phenoxy) is 1. The molecule has 0 aliphatic carbocycles. The summed E-state index contributed by atoms with van der Waals surface area (Å²) >= 11 is 0. The van der Waals surface area contributed by atoms with Gasteiger partial charge in [-0.2, -0.15) is 10.2 Å². The van der Waals surface area contributed by atoms with E-state index in [1.54, 1.807) is 15.6 Å². The summed E-state index contributed by atoms with van der Waals surface area (Å²) in [6.45, 7) is 3.04. The van der Waals surface area contributed by atoms with Gasteiger partial charge in [0.05, 0.1) is 43.4 Å². The van der Waals surface area contributed by atoms with E-state index in [1.165, 1.54) is 12.4 Å². The van der Waals surface area contributed by atoms with Crippen LogP contribution in [0.4, 0.5) is 0 Å². The van der Waals surface area contributed by atoms with Crippen molar-refractivity contribution in [2.45, 2.75) is 12.5 Å². The number of fused-ring (bicyclic) bond motifs is 1. The smallest absolute Gasteiger partial charge is 0.255 e. The Kier molecular flexibility index (Phi) is 5.34. The van der Waals surface area contributed by atoms with E-state index < -0.39 is 0 Å². The molecule has 3 rings (SSSR count). The Hall–Kier alpha value is -2.39. The molecular weight excluding hydrogens is 322 g/mol. The van der Waals surface area contributed by atoms with Crippen LogP contribution in [0.5, 0.6) is 0 Å². The summed E-state index contributed by atoms with van der Waals surface area (Å²) in [6.07, 6.45) is 3.00. The Bertz CT molecular complexity index is 717. The Labute approximate surface area is 146 Å².